The van der Waals surface area contributed by atoms with Crippen molar-refractivity contribution in [3.63, 3.8) is 0 Å². The summed E-state index contributed by atoms with van der Waals surface area (Å²) in [5.41, 5.74) is 2.22. The van der Waals surface area contributed by atoms with Gasteiger partial charge in [-0.3, -0.25) is 9.59 Å². The molecule has 0 radical (unpaired) electrons. The molecular weight excluding hydrogens is 292 g/mol. The molecule has 2 amide bonds. The molecule has 0 aromatic heterocycles. The summed E-state index contributed by atoms with van der Waals surface area (Å²) in [6, 6.07) is 14.5. The second-order valence-electron chi connectivity index (χ2n) is 5.06. The lowest BCUT2D eigenvalue weighted by atomic mass is 10.1. The van der Waals surface area contributed by atoms with Crippen LogP contribution in [0.4, 0.5) is 11.4 Å². The van der Waals surface area contributed by atoms with E-state index in [-0.39, 0.29) is 18.2 Å². The Labute approximate surface area is 135 Å². The fourth-order valence-electron chi connectivity index (χ4n) is 2.06. The summed E-state index contributed by atoms with van der Waals surface area (Å²) in [4.78, 5) is 23.5. The number of hydrogen-bond acceptors (Lipinski definition) is 3. The number of hydrogen-bond donors (Lipinski definition) is 2. The van der Waals surface area contributed by atoms with E-state index in [0.717, 1.165) is 11.3 Å². The number of methoxy groups -OCH3 is 1. The summed E-state index contributed by atoms with van der Waals surface area (Å²) in [6.07, 6.45) is 0.684. The molecule has 2 rings (SSSR count). The van der Waals surface area contributed by atoms with Crippen molar-refractivity contribution >= 4 is 23.2 Å². The predicted octanol–water partition coefficient (Wildman–Crippen LogP) is 3.22. The van der Waals surface area contributed by atoms with Gasteiger partial charge >= 0.3 is 0 Å². The summed E-state index contributed by atoms with van der Waals surface area (Å²) in [5.74, 6) is 0.578. The number of amides is 2. The first kappa shape index (κ1) is 16.5. The first-order chi connectivity index (χ1) is 11.1. The smallest absolute Gasteiger partial charge is 0.228 e. The van der Waals surface area contributed by atoms with Gasteiger partial charge in [0, 0.05) is 17.8 Å². The van der Waals surface area contributed by atoms with Crippen LogP contribution in [0.3, 0.4) is 0 Å². The molecule has 5 nitrogen and oxygen atoms in total. The fraction of sp³-hybridized carbons (Fsp3) is 0.222. The Kier molecular flexibility index (Phi) is 5.74. The molecule has 120 valence electrons. The van der Waals surface area contributed by atoms with Crippen molar-refractivity contribution in [1.29, 1.82) is 0 Å². The normalized spacial score (nSPS) is 10.0. The Morgan fingerprint density at radius 1 is 0.957 bits per heavy atom. The van der Waals surface area contributed by atoms with Gasteiger partial charge in [-0.2, -0.15) is 0 Å². The maximum absolute atomic E-state index is 12.1. The lowest BCUT2D eigenvalue weighted by Crippen LogP contribution is -2.15. The fourth-order valence-corrected chi connectivity index (χ4v) is 2.06. The summed E-state index contributed by atoms with van der Waals surface area (Å²) in [5, 5.41) is 5.59. The number of nitrogens with one attached hydrogen (secondary N) is 2. The van der Waals surface area contributed by atoms with Crippen molar-refractivity contribution in [2.24, 2.45) is 0 Å². The number of benzene rings is 2. The van der Waals surface area contributed by atoms with Gasteiger partial charge in [-0.05, 0) is 35.9 Å². The molecule has 0 aliphatic rings. The van der Waals surface area contributed by atoms with E-state index in [0.29, 0.717) is 17.8 Å². The van der Waals surface area contributed by atoms with Gasteiger partial charge in [0.05, 0.1) is 13.5 Å². The molecule has 2 aromatic rings. The van der Waals surface area contributed by atoms with Gasteiger partial charge in [-0.1, -0.05) is 25.1 Å². The van der Waals surface area contributed by atoms with E-state index in [1.165, 1.54) is 0 Å². The van der Waals surface area contributed by atoms with Crippen molar-refractivity contribution in [2.45, 2.75) is 19.8 Å². The highest BCUT2D eigenvalue weighted by Gasteiger charge is 2.06. The summed E-state index contributed by atoms with van der Waals surface area (Å²) in [7, 11) is 1.60. The third-order valence-corrected chi connectivity index (χ3v) is 3.27. The quantitative estimate of drug-likeness (QED) is 0.860. The van der Waals surface area contributed by atoms with Crippen LogP contribution in [-0.2, 0) is 16.0 Å². The Hall–Kier alpha value is -2.82. The molecule has 0 unspecified atom stereocenters. The van der Waals surface area contributed by atoms with Crippen LogP contribution >= 0.6 is 0 Å². The Morgan fingerprint density at radius 3 is 2.13 bits per heavy atom. The molecule has 0 saturated carbocycles. The molecule has 0 spiro atoms. The van der Waals surface area contributed by atoms with Crippen LogP contribution in [0.25, 0.3) is 0 Å². The lowest BCUT2D eigenvalue weighted by molar-refractivity contribution is -0.116. The first-order valence-corrected chi connectivity index (χ1v) is 7.43. The van der Waals surface area contributed by atoms with E-state index in [4.69, 9.17) is 4.74 Å². The maximum Gasteiger partial charge on any atom is 0.228 e. The van der Waals surface area contributed by atoms with E-state index in [2.05, 4.69) is 10.6 Å². The van der Waals surface area contributed by atoms with E-state index in [1.54, 1.807) is 38.3 Å². The molecule has 0 aliphatic carbocycles. The third-order valence-electron chi connectivity index (χ3n) is 3.27. The minimum Gasteiger partial charge on any atom is -0.497 e. The molecule has 0 fully saturated rings. The van der Waals surface area contributed by atoms with Crippen molar-refractivity contribution in [3.05, 3.63) is 54.1 Å². The largest absolute Gasteiger partial charge is 0.497 e. The molecule has 23 heavy (non-hydrogen) atoms. The number of ether oxygens (including phenoxy) is 1. The molecule has 2 aromatic carbocycles. The standard InChI is InChI=1S/C18H20N2O3/c1-3-17(21)19-14-5-4-6-15(12-14)20-18(22)11-13-7-9-16(23-2)10-8-13/h4-10,12H,3,11H2,1-2H3,(H,19,21)(H,20,22). The molecule has 0 bridgehead atoms. The van der Waals surface area contributed by atoms with Gasteiger partial charge < -0.3 is 15.4 Å². The molecule has 0 atom stereocenters. The number of rotatable bonds is 6. The number of anilines is 2. The van der Waals surface area contributed by atoms with Gasteiger partial charge in [0.25, 0.3) is 0 Å². The maximum atomic E-state index is 12.1. The molecule has 2 N–H and O–H groups in total. The van der Waals surface area contributed by atoms with Crippen molar-refractivity contribution < 1.29 is 14.3 Å². The molecule has 0 heterocycles. The van der Waals surface area contributed by atoms with Crippen LogP contribution in [0.5, 0.6) is 5.75 Å². The van der Waals surface area contributed by atoms with Gasteiger partial charge in [0.2, 0.25) is 11.8 Å². The molecule has 5 heteroatoms. The molecule has 0 saturated heterocycles. The van der Waals surface area contributed by atoms with Crippen LogP contribution in [0.2, 0.25) is 0 Å². The van der Waals surface area contributed by atoms with E-state index >= 15 is 0 Å². The number of carbonyl (C=O) groups is 2. The SMILES string of the molecule is CCC(=O)Nc1cccc(NC(=O)Cc2ccc(OC)cc2)c1. The third kappa shape index (κ3) is 5.14. The Balaban J connectivity index is 1.96. The average molecular weight is 312 g/mol. The number of carbonyl (C=O) groups excluding carboxylic acids is 2. The van der Waals surface area contributed by atoms with Gasteiger partial charge in [-0.25, -0.2) is 0 Å². The summed E-state index contributed by atoms with van der Waals surface area (Å²) in [6.45, 7) is 1.79. The highest BCUT2D eigenvalue weighted by atomic mass is 16.5. The van der Waals surface area contributed by atoms with Crippen LogP contribution in [0.1, 0.15) is 18.9 Å². The average Bonchev–Trinajstić information content (AvgIpc) is 2.55. The zero-order valence-electron chi connectivity index (χ0n) is 13.3. The monoisotopic (exact) mass is 312 g/mol. The molecule has 0 aliphatic heterocycles. The topological polar surface area (TPSA) is 67.4 Å². The van der Waals surface area contributed by atoms with Crippen LogP contribution in [0, 0.1) is 0 Å². The van der Waals surface area contributed by atoms with Gasteiger partial charge in [0.1, 0.15) is 5.75 Å². The Morgan fingerprint density at radius 2 is 1.57 bits per heavy atom. The second kappa shape index (κ2) is 7.98. The predicted molar refractivity (Wildman–Crippen MR) is 90.7 cm³/mol. The van der Waals surface area contributed by atoms with Crippen molar-refractivity contribution in [3.8, 4) is 5.75 Å². The highest BCUT2D eigenvalue weighted by molar-refractivity contribution is 5.94. The van der Waals surface area contributed by atoms with Crippen molar-refractivity contribution in [2.75, 3.05) is 17.7 Å². The van der Waals surface area contributed by atoms with Crippen LogP contribution in [0.15, 0.2) is 48.5 Å². The second-order valence-corrected chi connectivity index (χ2v) is 5.06. The van der Waals surface area contributed by atoms with Crippen molar-refractivity contribution in [1.82, 2.24) is 0 Å². The molecular formula is C18H20N2O3. The Bertz CT molecular complexity index is 681. The summed E-state index contributed by atoms with van der Waals surface area (Å²) < 4.78 is 5.09. The zero-order valence-corrected chi connectivity index (χ0v) is 13.3. The van der Waals surface area contributed by atoms with E-state index in [9.17, 15) is 9.59 Å². The van der Waals surface area contributed by atoms with Gasteiger partial charge in [0.15, 0.2) is 0 Å². The first-order valence-electron chi connectivity index (χ1n) is 7.43. The van der Waals surface area contributed by atoms with Gasteiger partial charge in [-0.15, -0.1) is 0 Å². The lowest BCUT2D eigenvalue weighted by Gasteiger charge is -2.09. The minimum absolute atomic E-state index is 0.0632. The minimum atomic E-state index is -0.117. The van der Waals surface area contributed by atoms with Crippen LogP contribution in [-0.4, -0.2) is 18.9 Å². The zero-order chi connectivity index (χ0) is 16.7. The van der Waals surface area contributed by atoms with E-state index in [1.807, 2.05) is 24.3 Å². The summed E-state index contributed by atoms with van der Waals surface area (Å²) >= 11 is 0. The highest BCUT2D eigenvalue weighted by Crippen LogP contribution is 2.16. The van der Waals surface area contributed by atoms with Crippen LogP contribution < -0.4 is 15.4 Å². The van der Waals surface area contributed by atoms with E-state index < -0.39 is 0 Å².